The summed E-state index contributed by atoms with van der Waals surface area (Å²) in [5.41, 5.74) is 1.22. The SMILES string of the molecule is CCCn1nc(C(C)C)cc(CCC(=O)O)c1=O. The van der Waals surface area contributed by atoms with Crippen LogP contribution in [0.4, 0.5) is 0 Å². The van der Waals surface area contributed by atoms with E-state index in [4.69, 9.17) is 5.11 Å². The van der Waals surface area contributed by atoms with Gasteiger partial charge in [0.2, 0.25) is 0 Å². The molecule has 0 unspecified atom stereocenters. The number of hydrogen-bond donors (Lipinski definition) is 1. The van der Waals surface area contributed by atoms with E-state index in [-0.39, 0.29) is 24.3 Å². The zero-order valence-corrected chi connectivity index (χ0v) is 11.1. The van der Waals surface area contributed by atoms with Crippen LogP contribution in [0.1, 0.15) is 50.8 Å². The Labute approximate surface area is 106 Å². The Kier molecular flexibility index (Phi) is 5.07. The molecule has 0 fully saturated rings. The largest absolute Gasteiger partial charge is 0.481 e. The summed E-state index contributed by atoms with van der Waals surface area (Å²) >= 11 is 0. The molecule has 0 saturated heterocycles. The Morgan fingerprint density at radius 1 is 1.50 bits per heavy atom. The molecule has 1 heterocycles. The quantitative estimate of drug-likeness (QED) is 0.837. The van der Waals surface area contributed by atoms with E-state index in [0.717, 1.165) is 12.1 Å². The number of carboxylic acid groups (broad SMARTS) is 1. The van der Waals surface area contributed by atoms with Gasteiger partial charge < -0.3 is 5.11 Å². The van der Waals surface area contributed by atoms with E-state index < -0.39 is 5.97 Å². The van der Waals surface area contributed by atoms with Crippen LogP contribution in [0.3, 0.4) is 0 Å². The van der Waals surface area contributed by atoms with Gasteiger partial charge in [-0.15, -0.1) is 0 Å². The van der Waals surface area contributed by atoms with Gasteiger partial charge in [0.15, 0.2) is 0 Å². The molecule has 0 aromatic carbocycles. The lowest BCUT2D eigenvalue weighted by molar-refractivity contribution is -0.136. The second-order valence-corrected chi connectivity index (χ2v) is 4.67. The summed E-state index contributed by atoms with van der Waals surface area (Å²) in [6, 6.07) is 1.74. The molecule has 1 N–H and O–H groups in total. The highest BCUT2D eigenvalue weighted by Gasteiger charge is 2.11. The summed E-state index contributed by atoms with van der Waals surface area (Å²) < 4.78 is 1.45. The minimum atomic E-state index is -0.889. The molecule has 0 aliphatic carbocycles. The lowest BCUT2D eigenvalue weighted by atomic mass is 10.1. The molecular weight excluding hydrogens is 232 g/mol. The van der Waals surface area contributed by atoms with Crippen LogP contribution in [0.25, 0.3) is 0 Å². The molecule has 0 bridgehead atoms. The van der Waals surface area contributed by atoms with Crippen LogP contribution in [0.5, 0.6) is 0 Å². The van der Waals surface area contributed by atoms with Crippen LogP contribution in [-0.2, 0) is 17.8 Å². The maximum atomic E-state index is 12.1. The standard InChI is InChI=1S/C13H20N2O3/c1-4-7-15-13(18)10(5-6-12(16)17)8-11(14-15)9(2)3/h8-9H,4-7H2,1-3H3,(H,16,17). The fraction of sp³-hybridized carbons (Fsp3) is 0.615. The van der Waals surface area contributed by atoms with Crippen molar-refractivity contribution < 1.29 is 9.90 Å². The highest BCUT2D eigenvalue weighted by Crippen LogP contribution is 2.11. The smallest absolute Gasteiger partial charge is 0.303 e. The first kappa shape index (κ1) is 14.4. The van der Waals surface area contributed by atoms with Crippen LogP contribution < -0.4 is 5.56 Å². The summed E-state index contributed by atoms with van der Waals surface area (Å²) in [5.74, 6) is -0.670. The number of hydrogen-bond acceptors (Lipinski definition) is 3. The molecule has 5 heteroatoms. The summed E-state index contributed by atoms with van der Waals surface area (Å²) in [6.45, 7) is 6.56. The molecule has 1 aromatic heterocycles. The van der Waals surface area contributed by atoms with E-state index >= 15 is 0 Å². The van der Waals surface area contributed by atoms with Crippen LogP contribution in [0, 0.1) is 0 Å². The van der Waals surface area contributed by atoms with E-state index in [1.807, 2.05) is 20.8 Å². The fourth-order valence-corrected chi connectivity index (χ4v) is 1.69. The Morgan fingerprint density at radius 2 is 2.17 bits per heavy atom. The molecule has 0 radical (unpaired) electrons. The predicted molar refractivity (Wildman–Crippen MR) is 68.8 cm³/mol. The Balaban J connectivity index is 3.13. The zero-order chi connectivity index (χ0) is 13.7. The Hall–Kier alpha value is -1.65. The van der Waals surface area contributed by atoms with Crippen molar-refractivity contribution in [3.05, 3.63) is 27.7 Å². The van der Waals surface area contributed by atoms with Crippen molar-refractivity contribution in [1.82, 2.24) is 9.78 Å². The van der Waals surface area contributed by atoms with E-state index in [1.54, 1.807) is 6.07 Å². The molecule has 0 saturated carbocycles. The van der Waals surface area contributed by atoms with Gasteiger partial charge in [0, 0.05) is 18.5 Å². The number of aromatic nitrogens is 2. The van der Waals surface area contributed by atoms with Gasteiger partial charge in [-0.2, -0.15) is 5.10 Å². The predicted octanol–water partition coefficient (Wildman–Crippen LogP) is 1.79. The van der Waals surface area contributed by atoms with Crippen molar-refractivity contribution in [3.63, 3.8) is 0 Å². The Morgan fingerprint density at radius 3 is 2.67 bits per heavy atom. The van der Waals surface area contributed by atoms with E-state index in [1.165, 1.54) is 4.68 Å². The number of rotatable bonds is 6. The third-order valence-electron chi connectivity index (χ3n) is 2.70. The summed E-state index contributed by atoms with van der Waals surface area (Å²) in [7, 11) is 0. The van der Waals surface area contributed by atoms with Gasteiger partial charge >= 0.3 is 5.97 Å². The van der Waals surface area contributed by atoms with Crippen LogP contribution >= 0.6 is 0 Å². The van der Waals surface area contributed by atoms with Gasteiger partial charge in [-0.1, -0.05) is 20.8 Å². The zero-order valence-electron chi connectivity index (χ0n) is 11.1. The molecule has 0 spiro atoms. The first-order chi connectivity index (χ1) is 8.45. The lowest BCUT2D eigenvalue weighted by Crippen LogP contribution is -2.28. The normalized spacial score (nSPS) is 10.9. The average Bonchev–Trinajstić information content (AvgIpc) is 2.29. The van der Waals surface area contributed by atoms with Gasteiger partial charge in [0.25, 0.3) is 5.56 Å². The third kappa shape index (κ3) is 3.68. The topological polar surface area (TPSA) is 72.2 Å². The Bertz CT molecular complexity index is 478. The second-order valence-electron chi connectivity index (χ2n) is 4.67. The molecule has 1 rings (SSSR count). The van der Waals surface area contributed by atoms with Crippen LogP contribution in [0.15, 0.2) is 10.9 Å². The molecule has 1 aromatic rings. The average molecular weight is 252 g/mol. The van der Waals surface area contributed by atoms with Crippen molar-refractivity contribution in [2.24, 2.45) is 0 Å². The molecule has 0 atom stereocenters. The van der Waals surface area contributed by atoms with Crippen molar-refractivity contribution in [3.8, 4) is 0 Å². The number of nitrogens with zero attached hydrogens (tertiary/aromatic N) is 2. The lowest BCUT2D eigenvalue weighted by Gasteiger charge is -2.11. The van der Waals surface area contributed by atoms with Gasteiger partial charge in [-0.05, 0) is 24.8 Å². The van der Waals surface area contributed by atoms with Crippen molar-refractivity contribution in [2.75, 3.05) is 0 Å². The maximum Gasteiger partial charge on any atom is 0.303 e. The fourth-order valence-electron chi connectivity index (χ4n) is 1.69. The first-order valence-electron chi connectivity index (χ1n) is 6.28. The summed E-state index contributed by atoms with van der Waals surface area (Å²) in [5, 5.41) is 13.0. The van der Waals surface area contributed by atoms with Crippen molar-refractivity contribution in [2.45, 2.75) is 52.5 Å². The molecule has 18 heavy (non-hydrogen) atoms. The highest BCUT2D eigenvalue weighted by atomic mass is 16.4. The van der Waals surface area contributed by atoms with Gasteiger partial charge in [0.1, 0.15) is 0 Å². The summed E-state index contributed by atoms with van der Waals surface area (Å²) in [4.78, 5) is 22.6. The first-order valence-corrected chi connectivity index (χ1v) is 6.28. The van der Waals surface area contributed by atoms with Crippen molar-refractivity contribution in [1.29, 1.82) is 0 Å². The van der Waals surface area contributed by atoms with E-state index in [0.29, 0.717) is 12.1 Å². The van der Waals surface area contributed by atoms with E-state index in [2.05, 4.69) is 5.10 Å². The molecule has 100 valence electrons. The number of carbonyl (C=O) groups is 1. The monoisotopic (exact) mass is 252 g/mol. The summed E-state index contributed by atoms with van der Waals surface area (Å²) in [6.07, 6.45) is 1.07. The second kappa shape index (κ2) is 6.33. The van der Waals surface area contributed by atoms with E-state index in [9.17, 15) is 9.59 Å². The third-order valence-corrected chi connectivity index (χ3v) is 2.70. The highest BCUT2D eigenvalue weighted by molar-refractivity contribution is 5.67. The molecule has 0 amide bonds. The van der Waals surface area contributed by atoms with Gasteiger partial charge in [-0.25, -0.2) is 4.68 Å². The number of aliphatic carboxylic acids is 1. The minimum absolute atomic E-state index is 0.0249. The molecule has 0 aliphatic rings. The number of carboxylic acids is 1. The van der Waals surface area contributed by atoms with Crippen LogP contribution in [0.2, 0.25) is 0 Å². The molecule has 0 aliphatic heterocycles. The minimum Gasteiger partial charge on any atom is -0.481 e. The maximum absolute atomic E-state index is 12.1. The van der Waals surface area contributed by atoms with Gasteiger partial charge in [-0.3, -0.25) is 9.59 Å². The van der Waals surface area contributed by atoms with Crippen molar-refractivity contribution >= 4 is 5.97 Å². The van der Waals surface area contributed by atoms with Gasteiger partial charge in [0.05, 0.1) is 5.69 Å². The molecule has 5 nitrogen and oxygen atoms in total. The van der Waals surface area contributed by atoms with Crippen LogP contribution in [-0.4, -0.2) is 20.9 Å². The number of aryl methyl sites for hydroxylation is 2. The molecular formula is C13H20N2O3.